The first-order valence-corrected chi connectivity index (χ1v) is 16.3. The number of β-amino-alcohol motifs (C(OH)–C–C–N with tert-alkyl or cyclic N) is 1. The second-order valence-electron chi connectivity index (χ2n) is 9.96. The molecule has 20 heteroatoms. The standard InChI is InChI=1S/C24H40N5O13PS/c30-19(13-25-44(39,40)21-3-1-20(2-4-21)41-17-24(35)36)14-26-5-7-27(15-22(31)32)9-11-29(18-42-43(37)38)12-10-28(8-6-26)16-23(33)34/h1-4,19,25,30,43H,5-18H2,(H,31,32)(H,33,34)(H,35,36)(H,37,38). The van der Waals surface area contributed by atoms with Gasteiger partial charge in [-0.15, -0.1) is 0 Å². The van der Waals surface area contributed by atoms with E-state index in [1.165, 1.54) is 24.3 Å². The van der Waals surface area contributed by atoms with Crippen molar-refractivity contribution in [2.75, 3.05) is 91.9 Å². The number of nitrogens with one attached hydrogen (secondary N) is 1. The number of aliphatic hydroxyl groups excluding tert-OH is 1. The summed E-state index contributed by atoms with van der Waals surface area (Å²) in [6.07, 6.45) is -1.18. The summed E-state index contributed by atoms with van der Waals surface area (Å²) in [6, 6.07) is 5.07. The fourth-order valence-electron chi connectivity index (χ4n) is 4.25. The fraction of sp³-hybridized carbons (Fsp3) is 0.625. The van der Waals surface area contributed by atoms with Gasteiger partial charge in [0.15, 0.2) is 6.61 Å². The summed E-state index contributed by atoms with van der Waals surface area (Å²) in [7, 11) is -7.24. The molecule has 2 atom stereocenters. The van der Waals surface area contributed by atoms with Gasteiger partial charge in [-0.05, 0) is 24.3 Å². The van der Waals surface area contributed by atoms with Gasteiger partial charge in [-0.25, -0.2) is 17.9 Å². The third-order valence-electron chi connectivity index (χ3n) is 6.49. The van der Waals surface area contributed by atoms with Crippen LogP contribution in [0.15, 0.2) is 29.2 Å². The second kappa shape index (κ2) is 18.9. The normalized spacial score (nSPS) is 18.5. The number of ether oxygens (including phenoxy) is 1. The highest BCUT2D eigenvalue weighted by Crippen LogP contribution is 2.16. The number of rotatable bonds is 16. The molecule has 1 aromatic carbocycles. The average Bonchev–Trinajstić information content (AvgIpc) is 2.94. The molecule has 0 spiro atoms. The number of hydrogen-bond acceptors (Lipinski definition) is 13. The van der Waals surface area contributed by atoms with Crippen LogP contribution in [0.3, 0.4) is 0 Å². The summed E-state index contributed by atoms with van der Waals surface area (Å²) in [6.45, 7) is 0.441. The Hall–Kier alpha value is -2.71. The van der Waals surface area contributed by atoms with Crippen molar-refractivity contribution in [1.82, 2.24) is 24.3 Å². The Balaban J connectivity index is 2.06. The molecule has 18 nitrogen and oxygen atoms in total. The van der Waals surface area contributed by atoms with E-state index in [4.69, 9.17) is 19.3 Å². The molecule has 2 unspecified atom stereocenters. The van der Waals surface area contributed by atoms with E-state index in [0.717, 1.165) is 0 Å². The zero-order chi connectivity index (χ0) is 32.7. The van der Waals surface area contributed by atoms with E-state index in [1.54, 1.807) is 19.6 Å². The quantitative estimate of drug-likeness (QED) is 0.0999. The van der Waals surface area contributed by atoms with Crippen molar-refractivity contribution in [1.29, 1.82) is 0 Å². The molecule has 44 heavy (non-hydrogen) atoms. The number of aliphatic hydroxyl groups is 1. The van der Waals surface area contributed by atoms with Crippen LogP contribution in [-0.2, 0) is 33.5 Å². The second-order valence-corrected chi connectivity index (χ2v) is 12.5. The van der Waals surface area contributed by atoms with Crippen molar-refractivity contribution in [3.8, 4) is 5.75 Å². The minimum atomic E-state index is -4.03. The summed E-state index contributed by atoms with van der Waals surface area (Å²) in [5.74, 6) is -3.14. The number of sulfonamides is 1. The Kier molecular flexibility index (Phi) is 16.1. The summed E-state index contributed by atoms with van der Waals surface area (Å²) in [5.41, 5.74) is 0. The smallest absolute Gasteiger partial charge is 0.341 e. The summed E-state index contributed by atoms with van der Waals surface area (Å²) in [5, 5.41) is 38.1. The van der Waals surface area contributed by atoms with Crippen molar-refractivity contribution >= 4 is 36.2 Å². The van der Waals surface area contributed by atoms with E-state index in [0.29, 0.717) is 0 Å². The molecule has 1 saturated heterocycles. The van der Waals surface area contributed by atoms with Crippen LogP contribution in [-0.4, -0.2) is 169 Å². The lowest BCUT2D eigenvalue weighted by Gasteiger charge is -2.33. The lowest BCUT2D eigenvalue weighted by molar-refractivity contribution is -0.140. The Morgan fingerprint density at radius 2 is 1.30 bits per heavy atom. The van der Waals surface area contributed by atoms with Gasteiger partial charge in [0.05, 0.1) is 24.1 Å². The van der Waals surface area contributed by atoms with Gasteiger partial charge in [-0.1, -0.05) is 0 Å². The van der Waals surface area contributed by atoms with E-state index in [1.807, 2.05) is 0 Å². The van der Waals surface area contributed by atoms with Crippen LogP contribution in [0.4, 0.5) is 0 Å². The molecule has 0 saturated carbocycles. The maximum atomic E-state index is 12.7. The maximum Gasteiger partial charge on any atom is 0.341 e. The van der Waals surface area contributed by atoms with Gasteiger partial charge in [0.1, 0.15) is 12.5 Å². The van der Waals surface area contributed by atoms with E-state index < -0.39 is 48.9 Å². The molecule has 0 radical (unpaired) electrons. The van der Waals surface area contributed by atoms with Gasteiger partial charge in [0.2, 0.25) is 10.0 Å². The predicted octanol–water partition coefficient (Wildman–Crippen LogP) is -2.46. The Morgan fingerprint density at radius 1 is 0.818 bits per heavy atom. The van der Waals surface area contributed by atoms with Crippen LogP contribution in [0.5, 0.6) is 5.75 Å². The highest BCUT2D eigenvalue weighted by Gasteiger charge is 2.22. The summed E-state index contributed by atoms with van der Waals surface area (Å²) >= 11 is 0. The molecule has 0 aliphatic carbocycles. The van der Waals surface area contributed by atoms with Crippen LogP contribution in [0.2, 0.25) is 0 Å². The molecule has 1 aliphatic heterocycles. The first-order chi connectivity index (χ1) is 20.7. The van der Waals surface area contributed by atoms with Crippen molar-refractivity contribution in [2.45, 2.75) is 11.0 Å². The van der Waals surface area contributed by atoms with Gasteiger partial charge in [0, 0.05) is 65.4 Å². The van der Waals surface area contributed by atoms with Crippen LogP contribution in [0, 0.1) is 0 Å². The molecular weight excluding hydrogens is 629 g/mol. The van der Waals surface area contributed by atoms with Crippen LogP contribution in [0.25, 0.3) is 0 Å². The number of hydrogen-bond donors (Lipinski definition) is 6. The van der Waals surface area contributed by atoms with E-state index in [-0.39, 0.29) is 95.9 Å². The highest BCUT2D eigenvalue weighted by molar-refractivity contribution is 7.89. The van der Waals surface area contributed by atoms with Gasteiger partial charge in [-0.2, -0.15) is 0 Å². The number of carbonyl (C=O) groups is 3. The van der Waals surface area contributed by atoms with Gasteiger partial charge >= 0.3 is 26.2 Å². The first kappa shape index (κ1) is 37.5. The average molecular weight is 670 g/mol. The molecule has 2 rings (SSSR count). The molecule has 1 fully saturated rings. The minimum absolute atomic E-state index is 0.00292. The highest BCUT2D eigenvalue weighted by atomic mass is 32.2. The molecule has 1 heterocycles. The third-order valence-corrected chi connectivity index (χ3v) is 8.31. The lowest BCUT2D eigenvalue weighted by atomic mass is 10.3. The molecule has 250 valence electrons. The van der Waals surface area contributed by atoms with Gasteiger partial charge in [0.25, 0.3) is 0 Å². The maximum absolute atomic E-state index is 12.7. The van der Waals surface area contributed by atoms with Crippen LogP contribution in [0.1, 0.15) is 0 Å². The zero-order valence-electron chi connectivity index (χ0n) is 24.0. The Labute approximate surface area is 255 Å². The fourth-order valence-corrected chi connectivity index (χ4v) is 5.61. The molecular formula is C24H40N5O13PS. The van der Waals surface area contributed by atoms with E-state index in [2.05, 4.69) is 4.72 Å². The van der Waals surface area contributed by atoms with Gasteiger partial charge in [-0.3, -0.25) is 38.3 Å². The Morgan fingerprint density at radius 3 is 1.75 bits per heavy atom. The van der Waals surface area contributed by atoms with Crippen molar-refractivity contribution in [3.05, 3.63) is 24.3 Å². The minimum Gasteiger partial charge on any atom is -0.482 e. The number of benzene rings is 1. The molecule has 0 amide bonds. The van der Waals surface area contributed by atoms with Crippen LogP contribution < -0.4 is 9.46 Å². The summed E-state index contributed by atoms with van der Waals surface area (Å²) < 4.78 is 48.7. The van der Waals surface area contributed by atoms with Crippen molar-refractivity contribution in [2.24, 2.45) is 0 Å². The van der Waals surface area contributed by atoms with Gasteiger partial charge < -0.3 is 30.1 Å². The number of carboxylic acid groups (broad SMARTS) is 3. The zero-order valence-corrected chi connectivity index (χ0v) is 25.8. The largest absolute Gasteiger partial charge is 0.482 e. The van der Waals surface area contributed by atoms with E-state index >= 15 is 0 Å². The molecule has 1 aliphatic rings. The topological polar surface area (TPSA) is 247 Å². The van der Waals surface area contributed by atoms with Crippen molar-refractivity contribution < 1.29 is 61.9 Å². The summed E-state index contributed by atoms with van der Waals surface area (Å²) in [4.78, 5) is 49.3. The van der Waals surface area contributed by atoms with Crippen molar-refractivity contribution in [3.63, 3.8) is 0 Å². The number of nitrogens with zero attached hydrogens (tertiary/aromatic N) is 4. The SMILES string of the molecule is O=C(O)COc1ccc(S(=O)(=O)NCC(O)CN2CCN(CC(=O)O)CCN(CO[PH](=O)O)CCN(CC(=O)O)CC2)cc1. The molecule has 1 aromatic rings. The predicted molar refractivity (Wildman–Crippen MR) is 154 cm³/mol. The third kappa shape index (κ3) is 15.3. The van der Waals surface area contributed by atoms with Crippen LogP contribution >= 0.6 is 8.25 Å². The monoisotopic (exact) mass is 669 g/mol. The van der Waals surface area contributed by atoms with E-state index in [9.17, 15) is 42.7 Å². The number of carboxylic acids is 3. The first-order valence-electron chi connectivity index (χ1n) is 13.5. The molecule has 6 N–H and O–H groups in total. The number of aliphatic carboxylic acids is 3. The molecule has 0 aromatic heterocycles. The molecule has 0 bridgehead atoms. The lowest BCUT2D eigenvalue weighted by Crippen LogP contribution is -2.49. The Bertz CT molecular complexity index is 1180.